The van der Waals surface area contributed by atoms with Crippen LogP contribution in [-0.4, -0.2) is 23.0 Å². The zero-order chi connectivity index (χ0) is 14.7. The van der Waals surface area contributed by atoms with Gasteiger partial charge in [-0.2, -0.15) is 0 Å². The van der Waals surface area contributed by atoms with Gasteiger partial charge in [-0.1, -0.05) is 12.1 Å². The average molecular weight is 338 g/mol. The van der Waals surface area contributed by atoms with Crippen LogP contribution in [0.5, 0.6) is 5.75 Å². The fourth-order valence-electron chi connectivity index (χ4n) is 1.85. The Morgan fingerprint density at radius 2 is 2.05 bits per heavy atom. The third-order valence-corrected chi connectivity index (χ3v) is 3.45. The van der Waals surface area contributed by atoms with Gasteiger partial charge in [-0.3, -0.25) is 4.79 Å². The number of aromatic hydroxyl groups is 1. The van der Waals surface area contributed by atoms with E-state index in [1.165, 1.54) is 23.1 Å². The second-order valence-electron chi connectivity index (χ2n) is 4.46. The highest BCUT2D eigenvalue weighted by Crippen LogP contribution is 2.19. The lowest BCUT2D eigenvalue weighted by Crippen LogP contribution is -2.26. The van der Waals surface area contributed by atoms with Gasteiger partial charge in [0, 0.05) is 19.2 Å². The summed E-state index contributed by atoms with van der Waals surface area (Å²) in [5.41, 5.74) is 1.22. The zero-order valence-corrected chi connectivity index (χ0v) is 12.4. The molecule has 2 aromatic carbocycles. The first-order chi connectivity index (χ1) is 9.47. The predicted molar refractivity (Wildman–Crippen MR) is 78.0 cm³/mol. The Kier molecular flexibility index (Phi) is 4.39. The Hall–Kier alpha value is -1.88. The molecule has 0 fully saturated rings. The van der Waals surface area contributed by atoms with Crippen molar-refractivity contribution in [2.45, 2.75) is 6.54 Å². The van der Waals surface area contributed by atoms with E-state index in [0.717, 1.165) is 5.56 Å². The minimum Gasteiger partial charge on any atom is -0.508 e. The number of phenolic OH excluding ortho intramolecular Hbond substituents is 1. The van der Waals surface area contributed by atoms with Crippen molar-refractivity contribution in [1.29, 1.82) is 0 Å². The van der Waals surface area contributed by atoms with Crippen molar-refractivity contribution in [2.24, 2.45) is 0 Å². The number of halogens is 2. The molecule has 0 saturated heterocycles. The summed E-state index contributed by atoms with van der Waals surface area (Å²) in [5, 5.41) is 9.40. The molecule has 1 amide bonds. The number of carbonyl (C=O) groups is 1. The number of phenols is 1. The summed E-state index contributed by atoms with van der Waals surface area (Å²) in [4.78, 5) is 13.7. The van der Waals surface area contributed by atoms with E-state index >= 15 is 0 Å². The van der Waals surface area contributed by atoms with E-state index in [1.54, 1.807) is 25.2 Å². The quantitative estimate of drug-likeness (QED) is 0.930. The van der Waals surface area contributed by atoms with Gasteiger partial charge in [0.15, 0.2) is 0 Å². The molecule has 20 heavy (non-hydrogen) atoms. The molecular weight excluding hydrogens is 325 g/mol. The van der Waals surface area contributed by atoms with Gasteiger partial charge in [-0.25, -0.2) is 4.39 Å². The van der Waals surface area contributed by atoms with E-state index in [1.807, 2.05) is 6.07 Å². The summed E-state index contributed by atoms with van der Waals surface area (Å²) in [5.74, 6) is -0.459. The topological polar surface area (TPSA) is 40.5 Å². The third kappa shape index (κ3) is 3.36. The van der Waals surface area contributed by atoms with Crippen molar-refractivity contribution in [3.05, 3.63) is 63.9 Å². The molecular formula is C15H13BrFNO2. The van der Waals surface area contributed by atoms with Crippen molar-refractivity contribution in [3.8, 4) is 5.75 Å². The number of benzene rings is 2. The highest BCUT2D eigenvalue weighted by molar-refractivity contribution is 9.10. The number of rotatable bonds is 3. The van der Waals surface area contributed by atoms with E-state index in [9.17, 15) is 14.3 Å². The standard InChI is InChI=1S/C15H13BrFNO2/c1-18(9-10-3-2-4-12(19)7-10)15(20)11-5-6-14(17)13(16)8-11/h2-8,19H,9H2,1H3. The lowest BCUT2D eigenvalue weighted by Gasteiger charge is -2.17. The third-order valence-electron chi connectivity index (χ3n) is 2.84. The van der Waals surface area contributed by atoms with Crippen LogP contribution in [0.15, 0.2) is 46.9 Å². The van der Waals surface area contributed by atoms with Crippen LogP contribution in [0.3, 0.4) is 0 Å². The maximum atomic E-state index is 13.2. The monoisotopic (exact) mass is 337 g/mol. The molecule has 0 heterocycles. The van der Waals surface area contributed by atoms with E-state index in [0.29, 0.717) is 12.1 Å². The molecule has 0 aliphatic carbocycles. The Morgan fingerprint density at radius 3 is 2.70 bits per heavy atom. The van der Waals surface area contributed by atoms with E-state index in [-0.39, 0.29) is 16.1 Å². The first kappa shape index (κ1) is 14.5. The smallest absolute Gasteiger partial charge is 0.253 e. The normalized spacial score (nSPS) is 10.3. The zero-order valence-electron chi connectivity index (χ0n) is 10.8. The molecule has 2 rings (SSSR count). The second-order valence-corrected chi connectivity index (χ2v) is 5.31. The first-order valence-electron chi connectivity index (χ1n) is 5.96. The minimum absolute atomic E-state index is 0.160. The summed E-state index contributed by atoms with van der Waals surface area (Å²) in [6.45, 7) is 0.363. The molecule has 0 aliphatic heterocycles. The molecule has 0 aromatic heterocycles. The van der Waals surface area contributed by atoms with Crippen molar-refractivity contribution >= 4 is 21.8 Å². The number of carbonyl (C=O) groups excluding carboxylic acids is 1. The molecule has 3 nitrogen and oxygen atoms in total. The lowest BCUT2D eigenvalue weighted by atomic mass is 10.1. The number of amides is 1. The molecule has 1 N–H and O–H groups in total. The number of hydrogen-bond acceptors (Lipinski definition) is 2. The summed E-state index contributed by atoms with van der Waals surface area (Å²) in [6.07, 6.45) is 0. The fourth-order valence-corrected chi connectivity index (χ4v) is 2.23. The SMILES string of the molecule is CN(Cc1cccc(O)c1)C(=O)c1ccc(F)c(Br)c1. The highest BCUT2D eigenvalue weighted by Gasteiger charge is 2.13. The summed E-state index contributed by atoms with van der Waals surface area (Å²) in [6, 6.07) is 10.9. The summed E-state index contributed by atoms with van der Waals surface area (Å²) < 4.78 is 13.4. The molecule has 104 valence electrons. The molecule has 2 aromatic rings. The lowest BCUT2D eigenvalue weighted by molar-refractivity contribution is 0.0785. The largest absolute Gasteiger partial charge is 0.508 e. The van der Waals surface area contributed by atoms with Gasteiger partial charge in [0.2, 0.25) is 0 Å². The average Bonchev–Trinajstić information content (AvgIpc) is 2.41. The Labute approximate surface area is 124 Å². The molecule has 5 heteroatoms. The molecule has 0 radical (unpaired) electrons. The molecule has 0 spiro atoms. The van der Waals surface area contributed by atoms with E-state index in [2.05, 4.69) is 15.9 Å². The van der Waals surface area contributed by atoms with Crippen molar-refractivity contribution in [2.75, 3.05) is 7.05 Å². The molecule has 0 unspecified atom stereocenters. The van der Waals surface area contributed by atoms with Crippen molar-refractivity contribution in [1.82, 2.24) is 4.90 Å². The van der Waals surface area contributed by atoms with Gasteiger partial charge >= 0.3 is 0 Å². The minimum atomic E-state index is -0.405. The molecule has 0 atom stereocenters. The first-order valence-corrected chi connectivity index (χ1v) is 6.75. The maximum Gasteiger partial charge on any atom is 0.253 e. The van der Waals surface area contributed by atoms with Gasteiger partial charge in [0.25, 0.3) is 5.91 Å². The molecule has 0 aliphatic rings. The Morgan fingerprint density at radius 1 is 1.30 bits per heavy atom. The second kappa shape index (κ2) is 6.05. The number of nitrogens with zero attached hydrogens (tertiary/aromatic N) is 1. The molecule has 0 saturated carbocycles. The van der Waals surface area contributed by atoms with Crippen LogP contribution in [0, 0.1) is 5.82 Å². The van der Waals surface area contributed by atoms with Gasteiger partial charge in [0.1, 0.15) is 11.6 Å². The van der Waals surface area contributed by atoms with Crippen LogP contribution >= 0.6 is 15.9 Å². The van der Waals surface area contributed by atoms with Crippen molar-refractivity contribution < 1.29 is 14.3 Å². The maximum absolute atomic E-state index is 13.2. The molecule has 0 bridgehead atoms. The van der Waals surface area contributed by atoms with Gasteiger partial charge in [-0.15, -0.1) is 0 Å². The van der Waals surface area contributed by atoms with Crippen LogP contribution in [0.2, 0.25) is 0 Å². The van der Waals surface area contributed by atoms with Crippen LogP contribution in [0.4, 0.5) is 4.39 Å². The van der Waals surface area contributed by atoms with Crippen molar-refractivity contribution in [3.63, 3.8) is 0 Å². The van der Waals surface area contributed by atoms with Gasteiger partial charge in [-0.05, 0) is 51.8 Å². The predicted octanol–water partition coefficient (Wildman–Crippen LogP) is 3.57. The van der Waals surface area contributed by atoms with E-state index in [4.69, 9.17) is 0 Å². The Balaban J connectivity index is 2.14. The fraction of sp³-hybridized carbons (Fsp3) is 0.133. The summed E-state index contributed by atoms with van der Waals surface area (Å²) in [7, 11) is 1.66. The van der Waals surface area contributed by atoms with E-state index < -0.39 is 5.82 Å². The highest BCUT2D eigenvalue weighted by atomic mass is 79.9. The summed E-state index contributed by atoms with van der Waals surface area (Å²) >= 11 is 3.06. The van der Waals surface area contributed by atoms with Gasteiger partial charge in [0.05, 0.1) is 4.47 Å². The van der Waals surface area contributed by atoms with Crippen LogP contribution in [0.25, 0.3) is 0 Å². The van der Waals surface area contributed by atoms with Gasteiger partial charge < -0.3 is 10.0 Å². The van der Waals surface area contributed by atoms with Crippen LogP contribution in [0.1, 0.15) is 15.9 Å². The van der Waals surface area contributed by atoms with Crippen LogP contribution < -0.4 is 0 Å². The van der Waals surface area contributed by atoms with Crippen LogP contribution in [-0.2, 0) is 6.54 Å². The number of hydrogen-bond donors (Lipinski definition) is 1. The Bertz CT molecular complexity index is 646.